The zero-order chi connectivity index (χ0) is 32.6. The van der Waals surface area contributed by atoms with Crippen LogP contribution >= 0.6 is 0 Å². The summed E-state index contributed by atoms with van der Waals surface area (Å²) in [5, 5.41) is 13.3. The maximum absolute atomic E-state index is 13.1. The maximum atomic E-state index is 13.1. The number of amidine groups is 1. The van der Waals surface area contributed by atoms with Crippen molar-refractivity contribution in [3.8, 4) is 18.1 Å². The van der Waals surface area contributed by atoms with Crippen LogP contribution in [0.3, 0.4) is 0 Å². The molecule has 1 saturated heterocycles. The van der Waals surface area contributed by atoms with Gasteiger partial charge < -0.3 is 30.9 Å². The fourth-order valence-corrected chi connectivity index (χ4v) is 5.81. The Balaban J connectivity index is 1.31. The number of fused-ring (bicyclic) bond motifs is 1. The summed E-state index contributed by atoms with van der Waals surface area (Å²) in [7, 11) is 5.07. The summed E-state index contributed by atoms with van der Waals surface area (Å²) < 4.78 is 5.79. The van der Waals surface area contributed by atoms with E-state index in [9.17, 15) is 14.4 Å². The molecule has 1 fully saturated rings. The number of anilines is 2. The number of carbonyl (C=O) groups excluding carboxylic acids is 3. The number of nitrogens with one attached hydrogen (secondary N) is 4. The highest BCUT2D eigenvalue weighted by Crippen LogP contribution is 2.34. The summed E-state index contributed by atoms with van der Waals surface area (Å²) in [5.74, 6) is 3.64. The minimum atomic E-state index is -0.567. The summed E-state index contributed by atoms with van der Waals surface area (Å²) >= 11 is 0. The number of ether oxygens (including phenoxy) is 1. The molecule has 0 radical (unpaired) electrons. The number of aromatic nitrogens is 2. The quantitative estimate of drug-likeness (QED) is 0.121. The average Bonchev–Trinajstić information content (AvgIpc) is 3.55. The van der Waals surface area contributed by atoms with Crippen molar-refractivity contribution in [2.45, 2.75) is 44.2 Å². The standard InChI is InChI=1S/C34H40N8O4/c1-5-21-10-9-11-23(14-21)39-31-25-15-24(30(46-4)16-27(25)37-20-38-31)28-17-36-32(40-28)26(41-33(44)22-18-42(3)19-22)12-7-6-8-13-29(43)34(45)35-2/h1,9-11,14-16,20,22,26,28H,6-8,12-13,17-19H2,2-4H3,(H,35,45)(H,36,40)(H,41,44)(H,37,38,39)/t26-,28?/m0/s1. The second kappa shape index (κ2) is 14.8. The number of hydrogen-bond donors (Lipinski definition) is 4. The van der Waals surface area contributed by atoms with E-state index < -0.39 is 11.7 Å². The fraction of sp³-hybridized carbons (Fsp3) is 0.412. The lowest BCUT2D eigenvalue weighted by molar-refractivity contribution is -0.137. The number of Topliss-reactive ketones (excluding diaryl/α,β-unsaturated/α-hetero) is 1. The van der Waals surface area contributed by atoms with E-state index in [-0.39, 0.29) is 30.3 Å². The molecule has 0 spiro atoms. The summed E-state index contributed by atoms with van der Waals surface area (Å²) in [6, 6.07) is 10.9. The Morgan fingerprint density at radius 2 is 1.98 bits per heavy atom. The van der Waals surface area contributed by atoms with E-state index in [4.69, 9.17) is 16.2 Å². The lowest BCUT2D eigenvalue weighted by Gasteiger charge is -2.36. The number of likely N-dealkylation sites (N-methyl/N-ethyl adjacent to an activating group) is 1. The van der Waals surface area contributed by atoms with Gasteiger partial charge >= 0.3 is 0 Å². The number of methoxy groups -OCH3 is 1. The first-order valence-electron chi connectivity index (χ1n) is 15.5. The van der Waals surface area contributed by atoms with E-state index >= 15 is 0 Å². The maximum Gasteiger partial charge on any atom is 0.287 e. The first-order chi connectivity index (χ1) is 22.3. The normalized spacial score (nSPS) is 16.8. The first-order valence-corrected chi connectivity index (χ1v) is 15.5. The third-order valence-electron chi connectivity index (χ3n) is 8.38. The van der Waals surface area contributed by atoms with E-state index in [1.165, 1.54) is 13.4 Å². The average molecular weight is 625 g/mol. The fourth-order valence-electron chi connectivity index (χ4n) is 5.81. The lowest BCUT2D eigenvalue weighted by atomic mass is 9.98. The second-order valence-corrected chi connectivity index (χ2v) is 11.7. The molecule has 0 bridgehead atoms. The number of aliphatic imine (C=N–C) groups is 1. The van der Waals surface area contributed by atoms with Crippen LogP contribution in [0.5, 0.6) is 5.75 Å². The van der Waals surface area contributed by atoms with Crippen molar-refractivity contribution in [2.75, 3.05) is 46.2 Å². The lowest BCUT2D eigenvalue weighted by Crippen LogP contribution is -2.55. The Morgan fingerprint density at radius 3 is 2.72 bits per heavy atom. The highest BCUT2D eigenvalue weighted by atomic mass is 16.5. The third kappa shape index (κ3) is 7.61. The molecular weight excluding hydrogens is 584 g/mol. The third-order valence-corrected chi connectivity index (χ3v) is 8.38. The molecule has 1 aromatic heterocycles. The van der Waals surface area contributed by atoms with Gasteiger partial charge in [0.05, 0.1) is 37.2 Å². The summed E-state index contributed by atoms with van der Waals surface area (Å²) in [6.07, 6.45) is 10.0. The summed E-state index contributed by atoms with van der Waals surface area (Å²) in [6.45, 7) is 1.90. The van der Waals surface area contributed by atoms with Gasteiger partial charge in [-0.15, -0.1) is 6.42 Å². The number of terminal acetylenes is 1. The van der Waals surface area contributed by atoms with Crippen LogP contribution in [0.2, 0.25) is 0 Å². The Labute approximate surface area is 268 Å². The van der Waals surface area contributed by atoms with Crippen molar-refractivity contribution in [3.63, 3.8) is 0 Å². The zero-order valence-corrected chi connectivity index (χ0v) is 26.4. The molecule has 2 aromatic carbocycles. The Hall–Kier alpha value is -5.02. The molecule has 12 nitrogen and oxygen atoms in total. The van der Waals surface area contributed by atoms with E-state index in [1.54, 1.807) is 7.11 Å². The Morgan fingerprint density at radius 1 is 1.15 bits per heavy atom. The van der Waals surface area contributed by atoms with Gasteiger partial charge in [0.2, 0.25) is 11.7 Å². The van der Waals surface area contributed by atoms with Crippen LogP contribution in [0.25, 0.3) is 10.9 Å². The van der Waals surface area contributed by atoms with Gasteiger partial charge in [0.25, 0.3) is 5.91 Å². The molecule has 2 aliphatic rings. The Bertz CT molecular complexity index is 1680. The number of carbonyl (C=O) groups is 3. The SMILES string of the molecule is C#Cc1cccc(Nc2ncnc3cc(OC)c(C4CN=C([C@H](CCCCCC(=O)C(=O)NC)NC(=O)C5CN(C)C5)N4)cc23)c1. The number of ketones is 1. The van der Waals surface area contributed by atoms with Crippen LogP contribution in [-0.2, 0) is 14.4 Å². The molecule has 2 amide bonds. The molecule has 46 heavy (non-hydrogen) atoms. The number of nitrogens with zero attached hydrogens (tertiary/aromatic N) is 4. The number of benzene rings is 2. The van der Waals surface area contributed by atoms with Crippen molar-refractivity contribution < 1.29 is 19.1 Å². The largest absolute Gasteiger partial charge is 0.496 e. The van der Waals surface area contributed by atoms with Gasteiger partial charge in [-0.1, -0.05) is 24.8 Å². The van der Waals surface area contributed by atoms with Crippen molar-refractivity contribution >= 4 is 45.8 Å². The van der Waals surface area contributed by atoms with Crippen LogP contribution < -0.4 is 26.0 Å². The molecule has 2 atom stereocenters. The van der Waals surface area contributed by atoms with Crippen molar-refractivity contribution in [3.05, 3.63) is 53.9 Å². The van der Waals surface area contributed by atoms with Crippen LogP contribution in [0, 0.1) is 18.3 Å². The van der Waals surface area contributed by atoms with Crippen molar-refractivity contribution in [1.82, 2.24) is 30.8 Å². The number of amides is 2. The summed E-state index contributed by atoms with van der Waals surface area (Å²) in [5.41, 5.74) is 3.18. The highest BCUT2D eigenvalue weighted by molar-refractivity contribution is 6.36. The highest BCUT2D eigenvalue weighted by Gasteiger charge is 2.34. The van der Waals surface area contributed by atoms with E-state index in [1.807, 2.05) is 43.4 Å². The molecule has 0 saturated carbocycles. The molecule has 3 heterocycles. The smallest absolute Gasteiger partial charge is 0.287 e. The van der Waals surface area contributed by atoms with Gasteiger partial charge in [-0.3, -0.25) is 19.4 Å². The molecule has 4 N–H and O–H groups in total. The number of likely N-dealkylation sites (tertiary alicyclic amines) is 1. The monoisotopic (exact) mass is 624 g/mol. The van der Waals surface area contributed by atoms with Gasteiger partial charge in [-0.25, -0.2) is 9.97 Å². The van der Waals surface area contributed by atoms with Gasteiger partial charge in [-0.2, -0.15) is 0 Å². The molecule has 0 aliphatic carbocycles. The molecule has 5 rings (SSSR count). The minimum Gasteiger partial charge on any atom is -0.496 e. The van der Waals surface area contributed by atoms with Crippen molar-refractivity contribution in [1.29, 1.82) is 0 Å². The van der Waals surface area contributed by atoms with Crippen molar-refractivity contribution in [2.24, 2.45) is 10.9 Å². The van der Waals surface area contributed by atoms with E-state index in [0.717, 1.165) is 53.6 Å². The molecule has 3 aromatic rings. The first kappa shape index (κ1) is 32.4. The van der Waals surface area contributed by atoms with E-state index in [2.05, 4.69) is 42.1 Å². The molecule has 12 heteroatoms. The summed E-state index contributed by atoms with van der Waals surface area (Å²) in [4.78, 5) is 52.4. The molecule has 240 valence electrons. The van der Waals surface area contributed by atoms with Gasteiger partial charge in [0.1, 0.15) is 23.7 Å². The van der Waals surface area contributed by atoms with Crippen LogP contribution in [0.1, 0.15) is 49.3 Å². The number of unbranched alkanes of at least 4 members (excludes halogenated alkanes) is 2. The second-order valence-electron chi connectivity index (χ2n) is 11.7. The van der Waals surface area contributed by atoms with Crippen LogP contribution in [0.4, 0.5) is 11.5 Å². The Kier molecular flexibility index (Phi) is 10.4. The number of rotatable bonds is 14. The molecule has 1 unspecified atom stereocenters. The van der Waals surface area contributed by atoms with Crippen LogP contribution in [-0.4, -0.2) is 85.2 Å². The van der Waals surface area contributed by atoms with Gasteiger partial charge in [-0.05, 0) is 44.2 Å². The minimum absolute atomic E-state index is 0.0101. The van der Waals surface area contributed by atoms with Gasteiger partial charge in [0, 0.05) is 54.8 Å². The predicted octanol–water partition coefficient (Wildman–Crippen LogP) is 2.72. The molecule has 2 aliphatic heterocycles. The van der Waals surface area contributed by atoms with Crippen LogP contribution in [0.15, 0.2) is 47.7 Å². The molecular formula is C34H40N8O4. The van der Waals surface area contributed by atoms with E-state index in [0.29, 0.717) is 36.8 Å². The topological polar surface area (TPSA) is 150 Å². The van der Waals surface area contributed by atoms with Gasteiger partial charge in [0.15, 0.2) is 0 Å². The zero-order valence-electron chi connectivity index (χ0n) is 26.4. The number of hydrogen-bond acceptors (Lipinski definition) is 10. The predicted molar refractivity (Wildman–Crippen MR) is 177 cm³/mol.